The van der Waals surface area contributed by atoms with Gasteiger partial charge in [0.15, 0.2) is 0 Å². The molecule has 1 saturated heterocycles. The van der Waals surface area contributed by atoms with Crippen LogP contribution in [0.4, 0.5) is 4.39 Å². The molecule has 0 amide bonds. The van der Waals surface area contributed by atoms with Crippen molar-refractivity contribution in [3.63, 3.8) is 0 Å². The summed E-state index contributed by atoms with van der Waals surface area (Å²) in [6.45, 7) is 2.45. The van der Waals surface area contributed by atoms with Gasteiger partial charge in [-0.1, -0.05) is 23.7 Å². The average Bonchev–Trinajstić information content (AvgIpc) is 3.15. The van der Waals surface area contributed by atoms with Crippen molar-refractivity contribution in [1.29, 1.82) is 0 Å². The Hall–Kier alpha value is -2.37. The molecule has 1 aliphatic rings. The Balaban J connectivity index is 1.54. The van der Waals surface area contributed by atoms with Crippen LogP contribution in [-0.2, 0) is 6.54 Å². The summed E-state index contributed by atoms with van der Waals surface area (Å²) in [7, 11) is 0. The Morgan fingerprint density at radius 1 is 1.26 bits per heavy atom. The molecule has 1 atom stereocenters. The molecule has 1 aromatic heterocycles. The monoisotopic (exact) mass is 385 g/mol. The highest BCUT2D eigenvalue weighted by Gasteiger charge is 2.25. The molecule has 0 bridgehead atoms. The first-order valence-corrected chi connectivity index (χ1v) is 9.47. The molecular formula is C21H21ClFN3O. The SMILES string of the molecule is Oc1ccc(Cl)cc1CN1CCCC(c2[nH]ncc2-c2cccc(F)c2)C1. The van der Waals surface area contributed by atoms with Gasteiger partial charge in [-0.25, -0.2) is 4.39 Å². The number of hydrogen-bond acceptors (Lipinski definition) is 3. The van der Waals surface area contributed by atoms with Crippen LogP contribution in [0.3, 0.4) is 0 Å². The maximum Gasteiger partial charge on any atom is 0.123 e. The molecular weight excluding hydrogens is 365 g/mol. The number of hydrogen-bond donors (Lipinski definition) is 2. The van der Waals surface area contributed by atoms with E-state index >= 15 is 0 Å². The molecule has 1 unspecified atom stereocenters. The molecule has 2 heterocycles. The summed E-state index contributed by atoms with van der Waals surface area (Å²) in [6.07, 6.45) is 3.86. The normalized spacial score (nSPS) is 17.9. The molecule has 0 spiro atoms. The Bertz CT molecular complexity index is 943. The molecule has 140 valence electrons. The van der Waals surface area contributed by atoms with E-state index < -0.39 is 0 Å². The maximum absolute atomic E-state index is 13.6. The minimum Gasteiger partial charge on any atom is -0.508 e. The number of aromatic amines is 1. The molecule has 4 rings (SSSR count). The average molecular weight is 386 g/mol. The van der Waals surface area contributed by atoms with Gasteiger partial charge in [0.2, 0.25) is 0 Å². The number of likely N-dealkylation sites (tertiary alicyclic amines) is 1. The molecule has 27 heavy (non-hydrogen) atoms. The quantitative estimate of drug-likeness (QED) is 0.667. The van der Waals surface area contributed by atoms with Gasteiger partial charge in [-0.2, -0.15) is 5.10 Å². The number of phenols is 1. The minimum absolute atomic E-state index is 0.249. The van der Waals surface area contributed by atoms with Crippen LogP contribution < -0.4 is 0 Å². The van der Waals surface area contributed by atoms with E-state index in [1.54, 1.807) is 30.5 Å². The van der Waals surface area contributed by atoms with Crippen molar-refractivity contribution in [2.24, 2.45) is 0 Å². The van der Waals surface area contributed by atoms with Crippen LogP contribution in [0.2, 0.25) is 5.02 Å². The molecule has 4 nitrogen and oxygen atoms in total. The Morgan fingerprint density at radius 3 is 3.00 bits per heavy atom. The third-order valence-electron chi connectivity index (χ3n) is 5.15. The largest absolute Gasteiger partial charge is 0.508 e. The number of nitrogens with zero attached hydrogens (tertiary/aromatic N) is 2. The van der Waals surface area contributed by atoms with Crippen molar-refractivity contribution in [2.75, 3.05) is 13.1 Å². The van der Waals surface area contributed by atoms with Crippen molar-refractivity contribution < 1.29 is 9.50 Å². The van der Waals surface area contributed by atoms with Crippen LogP contribution in [0.15, 0.2) is 48.7 Å². The first-order chi connectivity index (χ1) is 13.1. The van der Waals surface area contributed by atoms with Crippen molar-refractivity contribution in [2.45, 2.75) is 25.3 Å². The third-order valence-corrected chi connectivity index (χ3v) is 5.39. The van der Waals surface area contributed by atoms with Crippen LogP contribution in [-0.4, -0.2) is 33.3 Å². The minimum atomic E-state index is -0.249. The second kappa shape index (κ2) is 7.71. The van der Waals surface area contributed by atoms with Crippen LogP contribution in [0.1, 0.15) is 30.0 Å². The summed E-state index contributed by atoms with van der Waals surface area (Å²) >= 11 is 6.07. The predicted octanol–water partition coefficient (Wildman–Crippen LogP) is 4.95. The molecule has 2 aromatic carbocycles. The van der Waals surface area contributed by atoms with E-state index in [1.165, 1.54) is 6.07 Å². The topological polar surface area (TPSA) is 52.1 Å². The molecule has 0 aliphatic carbocycles. The fourth-order valence-electron chi connectivity index (χ4n) is 3.85. The molecule has 0 saturated carbocycles. The Labute approximate surface area is 162 Å². The lowest BCUT2D eigenvalue weighted by molar-refractivity contribution is 0.197. The second-order valence-electron chi connectivity index (χ2n) is 7.06. The van der Waals surface area contributed by atoms with Gasteiger partial charge in [0.1, 0.15) is 11.6 Å². The lowest BCUT2D eigenvalue weighted by atomic mass is 9.90. The Morgan fingerprint density at radius 2 is 2.15 bits per heavy atom. The number of benzene rings is 2. The molecule has 3 aromatic rings. The molecule has 6 heteroatoms. The van der Waals surface area contributed by atoms with E-state index in [-0.39, 0.29) is 17.5 Å². The maximum atomic E-state index is 13.6. The lowest BCUT2D eigenvalue weighted by Crippen LogP contribution is -2.34. The number of piperidine rings is 1. The number of halogens is 2. The predicted molar refractivity (Wildman–Crippen MR) is 104 cm³/mol. The standard InChI is InChI=1S/C21H21ClFN3O/c22-17-6-7-20(27)16(9-17)13-26-8-2-4-15(12-26)21-19(11-24-25-21)14-3-1-5-18(23)10-14/h1,3,5-7,9-11,15,27H,2,4,8,12-13H2,(H,24,25). The lowest BCUT2D eigenvalue weighted by Gasteiger charge is -2.33. The first kappa shape index (κ1) is 18.0. The highest BCUT2D eigenvalue weighted by molar-refractivity contribution is 6.30. The number of phenolic OH excluding ortho intramolecular Hbond substituents is 1. The zero-order valence-corrected chi connectivity index (χ0v) is 15.6. The number of aromatic nitrogens is 2. The van der Waals surface area contributed by atoms with Gasteiger partial charge in [0, 0.05) is 40.9 Å². The number of aromatic hydroxyl groups is 1. The smallest absolute Gasteiger partial charge is 0.123 e. The summed E-state index contributed by atoms with van der Waals surface area (Å²) < 4.78 is 13.6. The fourth-order valence-corrected chi connectivity index (χ4v) is 4.04. The summed E-state index contributed by atoms with van der Waals surface area (Å²) in [5.74, 6) is 0.297. The van der Waals surface area contributed by atoms with E-state index in [9.17, 15) is 9.50 Å². The number of nitrogens with one attached hydrogen (secondary N) is 1. The van der Waals surface area contributed by atoms with Gasteiger partial charge < -0.3 is 5.11 Å². The Kier molecular flexibility index (Phi) is 5.14. The van der Waals surface area contributed by atoms with Crippen molar-refractivity contribution in [3.8, 4) is 16.9 Å². The van der Waals surface area contributed by atoms with Gasteiger partial charge in [-0.15, -0.1) is 0 Å². The van der Waals surface area contributed by atoms with Crippen molar-refractivity contribution in [1.82, 2.24) is 15.1 Å². The highest BCUT2D eigenvalue weighted by atomic mass is 35.5. The van der Waals surface area contributed by atoms with Crippen molar-refractivity contribution >= 4 is 11.6 Å². The van der Waals surface area contributed by atoms with Crippen LogP contribution >= 0.6 is 11.6 Å². The zero-order chi connectivity index (χ0) is 18.8. The molecule has 2 N–H and O–H groups in total. The molecule has 1 fully saturated rings. The van der Waals surface area contributed by atoms with Gasteiger partial charge in [-0.05, 0) is 55.3 Å². The van der Waals surface area contributed by atoms with Gasteiger partial charge in [0.25, 0.3) is 0 Å². The van der Waals surface area contributed by atoms with E-state index in [2.05, 4.69) is 15.1 Å². The van der Waals surface area contributed by atoms with E-state index in [0.717, 1.165) is 48.3 Å². The molecule has 0 radical (unpaired) electrons. The first-order valence-electron chi connectivity index (χ1n) is 9.09. The summed E-state index contributed by atoms with van der Waals surface area (Å²) in [5.41, 5.74) is 3.66. The van der Waals surface area contributed by atoms with Gasteiger partial charge in [-0.3, -0.25) is 10.00 Å². The fraction of sp³-hybridized carbons (Fsp3) is 0.286. The van der Waals surface area contributed by atoms with E-state index in [1.807, 2.05) is 12.1 Å². The van der Waals surface area contributed by atoms with Crippen LogP contribution in [0.5, 0.6) is 5.75 Å². The second-order valence-corrected chi connectivity index (χ2v) is 7.49. The van der Waals surface area contributed by atoms with Crippen LogP contribution in [0.25, 0.3) is 11.1 Å². The summed E-state index contributed by atoms with van der Waals surface area (Å²) in [5, 5.41) is 18.1. The van der Waals surface area contributed by atoms with Crippen LogP contribution in [0, 0.1) is 5.82 Å². The number of H-pyrrole nitrogens is 1. The van der Waals surface area contributed by atoms with Gasteiger partial charge in [0.05, 0.1) is 6.20 Å². The number of rotatable bonds is 4. The highest BCUT2D eigenvalue weighted by Crippen LogP contribution is 2.34. The summed E-state index contributed by atoms with van der Waals surface area (Å²) in [4.78, 5) is 2.32. The van der Waals surface area contributed by atoms with E-state index in [4.69, 9.17) is 11.6 Å². The zero-order valence-electron chi connectivity index (χ0n) is 14.8. The van der Waals surface area contributed by atoms with E-state index in [0.29, 0.717) is 11.6 Å². The van der Waals surface area contributed by atoms with Gasteiger partial charge >= 0.3 is 0 Å². The third kappa shape index (κ3) is 3.99. The summed E-state index contributed by atoms with van der Waals surface area (Å²) in [6, 6.07) is 11.8. The molecule has 1 aliphatic heterocycles. The van der Waals surface area contributed by atoms with Crippen molar-refractivity contribution in [3.05, 3.63) is 70.8 Å².